The number of carbonyl (C=O) groups is 3. The third-order valence-electron chi connectivity index (χ3n) is 7.96. The van der Waals surface area contributed by atoms with E-state index in [2.05, 4.69) is 22.7 Å². The van der Waals surface area contributed by atoms with E-state index in [1.54, 1.807) is 79.9 Å². The van der Waals surface area contributed by atoms with Crippen molar-refractivity contribution in [3.63, 3.8) is 0 Å². The van der Waals surface area contributed by atoms with Gasteiger partial charge in [0, 0.05) is 40.2 Å². The lowest BCUT2D eigenvalue weighted by molar-refractivity contribution is 0.0751. The van der Waals surface area contributed by atoms with E-state index < -0.39 is 0 Å². The number of nitrogens with one attached hydrogen (secondary N) is 2. The molecule has 4 aromatic carbocycles. The van der Waals surface area contributed by atoms with Crippen LogP contribution in [0, 0.1) is 0 Å². The first-order valence-electron chi connectivity index (χ1n) is 16.6. The summed E-state index contributed by atoms with van der Waals surface area (Å²) in [6.45, 7) is 5.69. The molecule has 0 spiro atoms. The van der Waals surface area contributed by atoms with Crippen LogP contribution in [0.4, 0.5) is 11.4 Å². The Bertz CT molecular complexity index is 1790. The number of methoxy groups -OCH3 is 1. The summed E-state index contributed by atoms with van der Waals surface area (Å²) in [5.74, 6) is 1.12. The van der Waals surface area contributed by atoms with Gasteiger partial charge < -0.3 is 24.8 Å². The van der Waals surface area contributed by atoms with E-state index in [9.17, 15) is 14.4 Å². The normalized spacial score (nSPS) is 12.5. The fraction of sp³-hybridized carbons (Fsp3) is 0.282. The number of rotatable bonds is 14. The van der Waals surface area contributed by atoms with Crippen LogP contribution in [0.1, 0.15) is 82.6 Å². The first-order valence-corrected chi connectivity index (χ1v) is 16.6. The van der Waals surface area contributed by atoms with E-state index in [4.69, 9.17) is 14.2 Å². The largest absolute Gasteiger partial charge is 0.494 e. The van der Waals surface area contributed by atoms with E-state index in [1.165, 1.54) is 5.01 Å². The summed E-state index contributed by atoms with van der Waals surface area (Å²) in [5.41, 5.74) is 3.99. The lowest BCUT2D eigenvalue weighted by Crippen LogP contribution is -2.32. The summed E-state index contributed by atoms with van der Waals surface area (Å²) in [4.78, 5) is 39.3. The van der Waals surface area contributed by atoms with Crippen LogP contribution in [0.2, 0.25) is 0 Å². The molecule has 2 N–H and O–H groups in total. The highest BCUT2D eigenvalue weighted by atomic mass is 16.5. The summed E-state index contributed by atoms with van der Waals surface area (Å²) in [6.07, 6.45) is 4.73. The topological polar surface area (TPSA) is 119 Å². The van der Waals surface area contributed by atoms with Crippen LogP contribution >= 0.6 is 0 Å². The van der Waals surface area contributed by atoms with Crippen molar-refractivity contribution < 1.29 is 28.6 Å². The molecule has 0 saturated carbocycles. The van der Waals surface area contributed by atoms with Crippen molar-refractivity contribution in [3.8, 4) is 17.2 Å². The number of anilines is 2. The minimum Gasteiger partial charge on any atom is -0.494 e. The predicted molar refractivity (Wildman–Crippen MR) is 191 cm³/mol. The molecular weight excluding hydrogens is 620 g/mol. The molecule has 0 unspecified atom stereocenters. The smallest absolute Gasteiger partial charge is 0.274 e. The molecule has 0 radical (unpaired) electrons. The van der Waals surface area contributed by atoms with Gasteiger partial charge in [-0.15, -0.1) is 0 Å². The molecule has 1 aliphatic heterocycles. The van der Waals surface area contributed by atoms with Gasteiger partial charge in [-0.3, -0.25) is 14.4 Å². The molecule has 1 heterocycles. The van der Waals surface area contributed by atoms with Gasteiger partial charge >= 0.3 is 0 Å². The van der Waals surface area contributed by atoms with Gasteiger partial charge in [-0.05, 0) is 111 Å². The van der Waals surface area contributed by atoms with Gasteiger partial charge in [0.25, 0.3) is 17.7 Å². The van der Waals surface area contributed by atoms with Crippen LogP contribution < -0.4 is 24.8 Å². The summed E-state index contributed by atoms with van der Waals surface area (Å²) in [6, 6.07) is 26.0. The van der Waals surface area contributed by atoms with Crippen molar-refractivity contribution in [2.45, 2.75) is 46.0 Å². The molecular formula is C39H42N4O6. The highest BCUT2D eigenvalue weighted by Gasteiger charge is 2.22. The Morgan fingerprint density at radius 3 is 2.16 bits per heavy atom. The summed E-state index contributed by atoms with van der Waals surface area (Å²) >= 11 is 0. The van der Waals surface area contributed by atoms with Crippen molar-refractivity contribution in [2.75, 3.05) is 37.5 Å². The number of hydrogen-bond donors (Lipinski definition) is 2. The number of amides is 3. The van der Waals surface area contributed by atoms with Gasteiger partial charge in [0.15, 0.2) is 11.5 Å². The zero-order chi connectivity index (χ0) is 34.6. The van der Waals surface area contributed by atoms with Gasteiger partial charge in [-0.1, -0.05) is 25.8 Å². The Morgan fingerprint density at radius 1 is 0.755 bits per heavy atom. The number of unbranched alkanes of at least 4 members (excludes halogenated alkanes) is 2. The minimum absolute atomic E-state index is 0.263. The molecule has 5 rings (SSSR count). The maximum absolute atomic E-state index is 13.5. The average Bonchev–Trinajstić information content (AvgIpc) is 3.14. The Hall–Kier alpha value is -5.64. The minimum atomic E-state index is -0.347. The van der Waals surface area contributed by atoms with Crippen LogP contribution in [0.5, 0.6) is 17.2 Å². The Kier molecular flexibility index (Phi) is 12.0. The first kappa shape index (κ1) is 34.7. The third-order valence-corrected chi connectivity index (χ3v) is 7.96. The fourth-order valence-corrected chi connectivity index (χ4v) is 5.35. The second-order valence-corrected chi connectivity index (χ2v) is 11.5. The molecule has 4 aromatic rings. The molecule has 1 aliphatic rings. The molecule has 0 atom stereocenters. The van der Waals surface area contributed by atoms with Gasteiger partial charge in [0.2, 0.25) is 0 Å². The molecule has 49 heavy (non-hydrogen) atoms. The van der Waals surface area contributed by atoms with E-state index in [-0.39, 0.29) is 17.7 Å². The number of hydrazone groups is 1. The average molecular weight is 663 g/mol. The standard InChI is InChI=1S/C39H42N4O6/c1-4-6-7-24-49-33-20-15-28(16-21-33)37(44)40-31-18-13-27(14-19-31)38(45)41-32-11-8-10-30(25-32)39(46)43-23-9-12-34(42-43)29-17-22-35(47-3)36(26-29)48-5-2/h8,10-11,13-22,25-26H,4-7,9,12,23-24H2,1-3H3,(H,40,44)(H,41,45). The second-order valence-electron chi connectivity index (χ2n) is 11.5. The monoisotopic (exact) mass is 662 g/mol. The molecule has 0 fully saturated rings. The zero-order valence-corrected chi connectivity index (χ0v) is 28.2. The Morgan fingerprint density at radius 2 is 1.47 bits per heavy atom. The molecule has 254 valence electrons. The number of carbonyl (C=O) groups excluding carboxylic acids is 3. The first-order chi connectivity index (χ1) is 23.9. The number of ether oxygens (including phenoxy) is 3. The Balaban J connectivity index is 1.18. The van der Waals surface area contributed by atoms with Crippen LogP contribution in [0.15, 0.2) is 96.1 Å². The third kappa shape index (κ3) is 9.25. The van der Waals surface area contributed by atoms with Gasteiger partial charge in [0.05, 0.1) is 26.0 Å². The van der Waals surface area contributed by atoms with Gasteiger partial charge in [0.1, 0.15) is 5.75 Å². The maximum Gasteiger partial charge on any atom is 0.274 e. The van der Waals surface area contributed by atoms with Crippen molar-refractivity contribution in [1.29, 1.82) is 0 Å². The molecule has 3 amide bonds. The molecule has 10 heteroatoms. The SMILES string of the molecule is CCCCCOc1ccc(C(=O)Nc2ccc(C(=O)Nc3cccc(C(=O)N4CCCC(c5ccc(OC)c(OCC)c5)=N4)c3)cc2)cc1. The number of hydrogen-bond acceptors (Lipinski definition) is 7. The molecule has 0 aliphatic carbocycles. The Labute approximate surface area is 287 Å². The molecule has 0 bridgehead atoms. The number of nitrogens with zero attached hydrogens (tertiary/aromatic N) is 2. The lowest BCUT2D eigenvalue weighted by Gasteiger charge is -2.24. The quantitative estimate of drug-likeness (QED) is 0.133. The van der Waals surface area contributed by atoms with Crippen LogP contribution in [-0.4, -0.2) is 55.3 Å². The lowest BCUT2D eigenvalue weighted by atomic mass is 10.0. The highest BCUT2D eigenvalue weighted by Crippen LogP contribution is 2.30. The van der Waals surface area contributed by atoms with Crippen LogP contribution in [0.3, 0.4) is 0 Å². The molecule has 0 aromatic heterocycles. The number of benzene rings is 4. The summed E-state index contributed by atoms with van der Waals surface area (Å²) in [7, 11) is 1.60. The fourth-order valence-electron chi connectivity index (χ4n) is 5.35. The molecule has 10 nitrogen and oxygen atoms in total. The van der Waals surface area contributed by atoms with Gasteiger partial charge in [-0.25, -0.2) is 5.01 Å². The zero-order valence-electron chi connectivity index (χ0n) is 28.2. The van der Waals surface area contributed by atoms with Crippen molar-refractivity contribution in [1.82, 2.24) is 5.01 Å². The van der Waals surface area contributed by atoms with E-state index in [0.717, 1.165) is 49.1 Å². The molecule has 0 saturated heterocycles. The maximum atomic E-state index is 13.5. The second kappa shape index (κ2) is 17.0. The van der Waals surface area contributed by atoms with Crippen molar-refractivity contribution in [2.24, 2.45) is 5.10 Å². The van der Waals surface area contributed by atoms with E-state index in [0.29, 0.717) is 59.3 Å². The summed E-state index contributed by atoms with van der Waals surface area (Å²) in [5, 5.41) is 11.9. The predicted octanol–water partition coefficient (Wildman–Crippen LogP) is 7.81. The van der Waals surface area contributed by atoms with Crippen molar-refractivity contribution >= 4 is 34.8 Å². The highest BCUT2D eigenvalue weighted by molar-refractivity contribution is 6.07. The summed E-state index contributed by atoms with van der Waals surface area (Å²) < 4.78 is 16.8. The van der Waals surface area contributed by atoms with Crippen LogP contribution in [0.25, 0.3) is 0 Å². The van der Waals surface area contributed by atoms with Crippen molar-refractivity contribution in [3.05, 3.63) is 113 Å². The van der Waals surface area contributed by atoms with Crippen LogP contribution in [-0.2, 0) is 0 Å². The van der Waals surface area contributed by atoms with E-state index >= 15 is 0 Å². The van der Waals surface area contributed by atoms with Gasteiger partial charge in [-0.2, -0.15) is 5.10 Å². The van der Waals surface area contributed by atoms with E-state index in [1.807, 2.05) is 25.1 Å².